The maximum absolute atomic E-state index is 12.1. The molecule has 5 nitrogen and oxygen atoms in total. The van der Waals surface area contributed by atoms with Gasteiger partial charge in [0.15, 0.2) is 0 Å². The molecule has 23 heavy (non-hydrogen) atoms. The van der Waals surface area contributed by atoms with Crippen molar-refractivity contribution in [2.75, 3.05) is 19.8 Å². The van der Waals surface area contributed by atoms with E-state index in [0.717, 1.165) is 18.6 Å². The lowest BCUT2D eigenvalue weighted by atomic mass is 9.92. The molecule has 1 aromatic carbocycles. The second-order valence-electron chi connectivity index (χ2n) is 5.60. The summed E-state index contributed by atoms with van der Waals surface area (Å²) in [5, 5.41) is 3.52. The number of carbonyl (C=O) groups is 1. The average Bonchev–Trinajstić information content (AvgIpc) is 2.55. The van der Waals surface area contributed by atoms with E-state index in [4.69, 9.17) is 26.8 Å². The first kappa shape index (κ1) is 20.0. The number of benzene rings is 1. The maximum atomic E-state index is 12.1. The van der Waals surface area contributed by atoms with Crippen molar-refractivity contribution >= 4 is 29.9 Å². The Morgan fingerprint density at radius 1 is 1.39 bits per heavy atom. The molecule has 0 aromatic heterocycles. The lowest BCUT2D eigenvalue weighted by molar-refractivity contribution is -0.124. The summed E-state index contributed by atoms with van der Waals surface area (Å²) in [6.07, 6.45) is 1.53. The summed E-state index contributed by atoms with van der Waals surface area (Å²) in [5.41, 5.74) is 6.02. The Morgan fingerprint density at radius 2 is 2.00 bits per heavy atom. The first-order chi connectivity index (χ1) is 10.6. The zero-order valence-electron chi connectivity index (χ0n) is 13.2. The van der Waals surface area contributed by atoms with Gasteiger partial charge in [0.1, 0.15) is 11.9 Å². The van der Waals surface area contributed by atoms with E-state index >= 15 is 0 Å². The van der Waals surface area contributed by atoms with E-state index in [1.165, 1.54) is 0 Å². The van der Waals surface area contributed by atoms with Crippen LogP contribution in [0.1, 0.15) is 19.8 Å². The summed E-state index contributed by atoms with van der Waals surface area (Å²) in [4.78, 5) is 12.1. The van der Waals surface area contributed by atoms with Crippen molar-refractivity contribution < 1.29 is 14.3 Å². The molecule has 1 heterocycles. The van der Waals surface area contributed by atoms with Crippen LogP contribution in [0.4, 0.5) is 0 Å². The van der Waals surface area contributed by atoms with Gasteiger partial charge in [0.2, 0.25) is 5.91 Å². The van der Waals surface area contributed by atoms with Gasteiger partial charge in [0, 0.05) is 18.2 Å². The molecule has 0 bridgehead atoms. The van der Waals surface area contributed by atoms with Crippen LogP contribution in [0.15, 0.2) is 24.3 Å². The molecule has 0 saturated carbocycles. The summed E-state index contributed by atoms with van der Waals surface area (Å²) >= 11 is 5.82. The molecular weight excluding hydrogens is 339 g/mol. The van der Waals surface area contributed by atoms with Gasteiger partial charge in [0.25, 0.3) is 0 Å². The lowest BCUT2D eigenvalue weighted by Crippen LogP contribution is -2.48. The van der Waals surface area contributed by atoms with Crippen molar-refractivity contribution in [2.24, 2.45) is 11.7 Å². The van der Waals surface area contributed by atoms with Crippen LogP contribution in [0.3, 0.4) is 0 Å². The van der Waals surface area contributed by atoms with Gasteiger partial charge in [-0.1, -0.05) is 11.6 Å². The van der Waals surface area contributed by atoms with E-state index in [0.29, 0.717) is 24.8 Å². The topological polar surface area (TPSA) is 73.6 Å². The van der Waals surface area contributed by atoms with Crippen molar-refractivity contribution in [1.82, 2.24) is 5.32 Å². The molecule has 0 aliphatic carbocycles. The van der Waals surface area contributed by atoms with E-state index in [1.807, 2.05) is 6.92 Å². The molecule has 1 aliphatic rings. The average molecular weight is 363 g/mol. The van der Waals surface area contributed by atoms with Crippen LogP contribution >= 0.6 is 24.0 Å². The van der Waals surface area contributed by atoms with E-state index < -0.39 is 6.04 Å². The van der Waals surface area contributed by atoms with Crippen molar-refractivity contribution in [1.29, 1.82) is 0 Å². The summed E-state index contributed by atoms with van der Waals surface area (Å²) in [6, 6.07) is 6.65. The zero-order valence-corrected chi connectivity index (χ0v) is 14.7. The van der Waals surface area contributed by atoms with Crippen LogP contribution < -0.4 is 15.8 Å². The standard InChI is InChI=1S/C16H23ClN2O3.ClH/c1-11(22-14-4-2-13(17)3-5-14)10-19-16(20)15(18)12-6-8-21-9-7-12;/h2-5,11-12,15H,6-10,18H2,1H3,(H,19,20);1H. The number of rotatable bonds is 6. The fraction of sp³-hybridized carbons (Fsp3) is 0.562. The van der Waals surface area contributed by atoms with Gasteiger partial charge in [-0.05, 0) is 49.9 Å². The number of hydrogen-bond acceptors (Lipinski definition) is 4. The molecule has 130 valence electrons. The van der Waals surface area contributed by atoms with Crippen LogP contribution in [0.25, 0.3) is 0 Å². The summed E-state index contributed by atoms with van der Waals surface area (Å²) in [7, 11) is 0. The Bertz CT molecular complexity index is 479. The highest BCUT2D eigenvalue weighted by Gasteiger charge is 2.26. The fourth-order valence-electron chi connectivity index (χ4n) is 2.44. The van der Waals surface area contributed by atoms with E-state index in [2.05, 4.69) is 5.32 Å². The third kappa shape index (κ3) is 6.55. The van der Waals surface area contributed by atoms with Crippen LogP contribution in [0.5, 0.6) is 5.75 Å². The number of carbonyl (C=O) groups excluding carboxylic acids is 1. The number of ether oxygens (including phenoxy) is 2. The Hall–Kier alpha value is -1.01. The Morgan fingerprint density at radius 3 is 2.61 bits per heavy atom. The Labute approximate surface area is 148 Å². The first-order valence-corrected chi connectivity index (χ1v) is 7.97. The van der Waals surface area contributed by atoms with E-state index in [-0.39, 0.29) is 30.3 Å². The number of hydrogen-bond donors (Lipinski definition) is 2. The molecule has 2 rings (SSSR count). The molecule has 1 aliphatic heterocycles. The van der Waals surface area contributed by atoms with Gasteiger partial charge < -0.3 is 20.5 Å². The van der Waals surface area contributed by atoms with Gasteiger partial charge in [-0.2, -0.15) is 0 Å². The van der Waals surface area contributed by atoms with Crippen molar-refractivity contribution in [3.63, 3.8) is 0 Å². The molecule has 1 fully saturated rings. The van der Waals surface area contributed by atoms with Gasteiger partial charge in [0.05, 0.1) is 12.6 Å². The lowest BCUT2D eigenvalue weighted by Gasteiger charge is -2.27. The second-order valence-corrected chi connectivity index (χ2v) is 6.04. The summed E-state index contributed by atoms with van der Waals surface area (Å²) in [6.45, 7) is 3.68. The van der Waals surface area contributed by atoms with Crippen LogP contribution in [0, 0.1) is 5.92 Å². The minimum atomic E-state index is -0.480. The summed E-state index contributed by atoms with van der Waals surface area (Å²) in [5.74, 6) is 0.791. The SMILES string of the molecule is CC(CNC(=O)C(N)C1CCOCC1)Oc1ccc(Cl)cc1.Cl. The van der Waals surface area contributed by atoms with Crippen LogP contribution in [-0.4, -0.2) is 37.8 Å². The van der Waals surface area contributed by atoms with Crippen molar-refractivity contribution in [3.05, 3.63) is 29.3 Å². The highest BCUT2D eigenvalue weighted by atomic mass is 35.5. The summed E-state index contributed by atoms with van der Waals surface area (Å²) < 4.78 is 11.0. The predicted octanol–water partition coefficient (Wildman–Crippen LogP) is 2.40. The molecule has 2 atom stereocenters. The smallest absolute Gasteiger partial charge is 0.237 e. The normalized spacial score (nSPS) is 17.7. The number of halogens is 2. The van der Waals surface area contributed by atoms with E-state index in [1.54, 1.807) is 24.3 Å². The molecule has 0 spiro atoms. The van der Waals surface area contributed by atoms with Crippen molar-refractivity contribution in [3.8, 4) is 5.75 Å². The highest BCUT2D eigenvalue weighted by Crippen LogP contribution is 2.18. The minimum absolute atomic E-state index is 0. The Kier molecular flexibility index (Phi) is 8.69. The predicted molar refractivity (Wildman–Crippen MR) is 93.3 cm³/mol. The fourth-order valence-corrected chi connectivity index (χ4v) is 2.56. The first-order valence-electron chi connectivity index (χ1n) is 7.59. The number of amides is 1. The minimum Gasteiger partial charge on any atom is -0.489 e. The van der Waals surface area contributed by atoms with Gasteiger partial charge in [-0.25, -0.2) is 0 Å². The highest BCUT2D eigenvalue weighted by molar-refractivity contribution is 6.30. The quantitative estimate of drug-likeness (QED) is 0.814. The molecule has 1 saturated heterocycles. The number of nitrogens with two attached hydrogens (primary N) is 1. The zero-order chi connectivity index (χ0) is 15.9. The third-order valence-corrected chi connectivity index (χ3v) is 4.04. The monoisotopic (exact) mass is 362 g/mol. The molecular formula is C16H24Cl2N2O3. The molecule has 1 aromatic rings. The molecule has 0 radical (unpaired) electrons. The van der Waals surface area contributed by atoms with Gasteiger partial charge in [-0.15, -0.1) is 12.4 Å². The largest absolute Gasteiger partial charge is 0.489 e. The maximum Gasteiger partial charge on any atom is 0.237 e. The molecule has 2 unspecified atom stereocenters. The van der Waals surface area contributed by atoms with E-state index in [9.17, 15) is 4.79 Å². The molecule has 7 heteroatoms. The van der Waals surface area contributed by atoms with Crippen LogP contribution in [-0.2, 0) is 9.53 Å². The number of nitrogens with one attached hydrogen (secondary N) is 1. The van der Waals surface area contributed by atoms with Crippen molar-refractivity contribution in [2.45, 2.75) is 31.9 Å². The third-order valence-electron chi connectivity index (χ3n) is 3.79. The Balaban J connectivity index is 0.00000264. The van der Waals surface area contributed by atoms with Crippen LogP contribution in [0.2, 0.25) is 5.02 Å². The van der Waals surface area contributed by atoms with Gasteiger partial charge >= 0.3 is 0 Å². The molecule has 3 N–H and O–H groups in total. The second kappa shape index (κ2) is 9.98. The van der Waals surface area contributed by atoms with Gasteiger partial charge in [-0.3, -0.25) is 4.79 Å². The molecule has 1 amide bonds.